The van der Waals surface area contributed by atoms with Crippen LogP contribution in [0.4, 0.5) is 0 Å². The zero-order valence-corrected chi connectivity index (χ0v) is 11.4. The van der Waals surface area contributed by atoms with Gasteiger partial charge in [-0.25, -0.2) is 4.79 Å². The predicted molar refractivity (Wildman–Crippen MR) is 67.1 cm³/mol. The first-order valence-corrected chi connectivity index (χ1v) is 5.84. The normalized spacial score (nSPS) is 11.0. The minimum Gasteiger partial charge on any atom is -0.458 e. The number of ether oxygens (including phenoxy) is 4. The van der Waals surface area contributed by atoms with E-state index in [1.54, 1.807) is 0 Å². The van der Waals surface area contributed by atoms with Crippen molar-refractivity contribution in [2.24, 2.45) is 0 Å². The van der Waals surface area contributed by atoms with E-state index < -0.39 is 5.60 Å². The second kappa shape index (κ2) is 9.89. The van der Waals surface area contributed by atoms with Gasteiger partial charge in [0.15, 0.2) is 0 Å². The van der Waals surface area contributed by atoms with Crippen LogP contribution in [-0.2, 0) is 23.7 Å². The molecule has 0 saturated heterocycles. The average Bonchev–Trinajstić information content (AvgIpc) is 2.24. The van der Waals surface area contributed by atoms with E-state index in [0.717, 1.165) is 0 Å². The van der Waals surface area contributed by atoms with Gasteiger partial charge >= 0.3 is 5.97 Å². The molecule has 0 radical (unpaired) electrons. The van der Waals surface area contributed by atoms with E-state index in [2.05, 4.69) is 5.92 Å². The highest BCUT2D eigenvalue weighted by molar-refractivity contribution is 5.71. The van der Waals surface area contributed by atoms with Crippen LogP contribution in [0.5, 0.6) is 0 Å². The highest BCUT2D eigenvalue weighted by atomic mass is 16.6. The Labute approximate surface area is 109 Å². The Morgan fingerprint density at radius 3 is 2.17 bits per heavy atom. The monoisotopic (exact) mass is 258 g/mol. The molecule has 0 N–H and O–H groups in total. The van der Waals surface area contributed by atoms with Gasteiger partial charge in [0.25, 0.3) is 0 Å². The van der Waals surface area contributed by atoms with Crippen LogP contribution in [-0.4, -0.2) is 51.2 Å². The van der Waals surface area contributed by atoms with E-state index in [1.807, 2.05) is 20.8 Å². The Morgan fingerprint density at radius 1 is 1.06 bits per heavy atom. The maximum absolute atomic E-state index is 11.2. The summed E-state index contributed by atoms with van der Waals surface area (Å²) in [5.74, 6) is 1.98. The molecule has 0 saturated carbocycles. The predicted octanol–water partition coefficient (Wildman–Crippen LogP) is 1.01. The van der Waals surface area contributed by atoms with E-state index in [9.17, 15) is 4.79 Å². The molecule has 0 bridgehead atoms. The van der Waals surface area contributed by atoms with Crippen molar-refractivity contribution in [3.8, 4) is 12.3 Å². The summed E-state index contributed by atoms with van der Waals surface area (Å²) >= 11 is 0. The van der Waals surface area contributed by atoms with Crippen LogP contribution >= 0.6 is 0 Å². The molecule has 0 rings (SSSR count). The van der Waals surface area contributed by atoms with Crippen molar-refractivity contribution in [3.63, 3.8) is 0 Å². The second-order valence-electron chi connectivity index (χ2n) is 4.51. The fourth-order valence-corrected chi connectivity index (χ4v) is 0.995. The van der Waals surface area contributed by atoms with Crippen LogP contribution in [0, 0.1) is 12.3 Å². The summed E-state index contributed by atoms with van der Waals surface area (Å²) in [6, 6.07) is 0. The highest BCUT2D eigenvalue weighted by Crippen LogP contribution is 2.06. The molecule has 104 valence electrons. The molecule has 5 nitrogen and oxygen atoms in total. The van der Waals surface area contributed by atoms with Gasteiger partial charge in [-0.1, -0.05) is 5.92 Å². The van der Waals surface area contributed by atoms with Gasteiger partial charge in [0.05, 0.1) is 26.4 Å². The molecular formula is C13H22O5. The Bertz CT molecular complexity index is 262. The Morgan fingerprint density at radius 2 is 1.61 bits per heavy atom. The summed E-state index contributed by atoms with van der Waals surface area (Å²) < 4.78 is 20.4. The lowest BCUT2D eigenvalue weighted by Gasteiger charge is -2.19. The van der Waals surface area contributed by atoms with Crippen molar-refractivity contribution >= 4 is 5.97 Å². The SMILES string of the molecule is C#CCOCCOCCOCC(=O)OC(C)(C)C. The lowest BCUT2D eigenvalue weighted by atomic mass is 10.2. The maximum Gasteiger partial charge on any atom is 0.332 e. The number of rotatable bonds is 9. The Kier molecular flexibility index (Phi) is 9.29. The standard InChI is InChI=1S/C13H22O5/c1-5-6-15-7-8-16-9-10-17-11-12(14)18-13(2,3)4/h1H,6-11H2,2-4H3. The Hall–Kier alpha value is -1.09. The quantitative estimate of drug-likeness (QED) is 0.351. The number of carbonyl (C=O) groups excluding carboxylic acids is 1. The molecule has 0 amide bonds. The molecule has 0 aromatic heterocycles. The van der Waals surface area contributed by atoms with Crippen LogP contribution in [0.25, 0.3) is 0 Å². The van der Waals surface area contributed by atoms with Gasteiger partial charge in [0.2, 0.25) is 0 Å². The van der Waals surface area contributed by atoms with Crippen molar-refractivity contribution in [2.75, 3.05) is 39.6 Å². The minimum atomic E-state index is -0.481. The third kappa shape index (κ3) is 13.0. The molecule has 5 heteroatoms. The third-order valence-corrected chi connectivity index (χ3v) is 1.57. The van der Waals surface area contributed by atoms with Gasteiger partial charge in [-0.05, 0) is 20.8 Å². The highest BCUT2D eigenvalue weighted by Gasteiger charge is 2.15. The van der Waals surface area contributed by atoms with Crippen molar-refractivity contribution in [1.82, 2.24) is 0 Å². The molecule has 0 aliphatic heterocycles. The number of hydrogen-bond acceptors (Lipinski definition) is 5. The first-order valence-electron chi connectivity index (χ1n) is 5.84. The average molecular weight is 258 g/mol. The first kappa shape index (κ1) is 16.9. The molecule has 0 aliphatic rings. The zero-order valence-electron chi connectivity index (χ0n) is 11.4. The number of terminal acetylenes is 1. The molecular weight excluding hydrogens is 236 g/mol. The zero-order chi connectivity index (χ0) is 13.9. The van der Waals surface area contributed by atoms with Gasteiger partial charge in [0.1, 0.15) is 18.8 Å². The molecule has 0 aromatic rings. The van der Waals surface area contributed by atoms with Crippen LogP contribution in [0.15, 0.2) is 0 Å². The topological polar surface area (TPSA) is 54.0 Å². The number of hydrogen-bond donors (Lipinski definition) is 0. The van der Waals surface area contributed by atoms with Gasteiger partial charge < -0.3 is 18.9 Å². The minimum absolute atomic E-state index is 0.0613. The summed E-state index contributed by atoms with van der Waals surface area (Å²) in [6.07, 6.45) is 5.00. The lowest BCUT2D eigenvalue weighted by Crippen LogP contribution is -2.27. The number of carbonyl (C=O) groups is 1. The smallest absolute Gasteiger partial charge is 0.332 e. The summed E-state index contributed by atoms with van der Waals surface area (Å²) in [4.78, 5) is 11.2. The summed E-state index contributed by atoms with van der Waals surface area (Å²) in [5.41, 5.74) is -0.481. The molecule has 0 heterocycles. The van der Waals surface area contributed by atoms with Gasteiger partial charge in [0, 0.05) is 0 Å². The molecule has 18 heavy (non-hydrogen) atoms. The van der Waals surface area contributed by atoms with Gasteiger partial charge in [-0.2, -0.15) is 0 Å². The molecule has 0 aromatic carbocycles. The summed E-state index contributed by atoms with van der Waals surface area (Å²) in [7, 11) is 0. The van der Waals surface area contributed by atoms with Crippen LogP contribution < -0.4 is 0 Å². The molecule has 0 atom stereocenters. The fourth-order valence-electron chi connectivity index (χ4n) is 0.995. The van der Waals surface area contributed by atoms with Crippen LogP contribution in [0.1, 0.15) is 20.8 Å². The summed E-state index contributed by atoms with van der Waals surface area (Å²) in [6.45, 7) is 7.32. The fraction of sp³-hybridized carbons (Fsp3) is 0.769. The van der Waals surface area contributed by atoms with Crippen molar-refractivity contribution in [1.29, 1.82) is 0 Å². The van der Waals surface area contributed by atoms with Crippen molar-refractivity contribution in [3.05, 3.63) is 0 Å². The van der Waals surface area contributed by atoms with E-state index in [4.69, 9.17) is 25.4 Å². The Balaban J connectivity index is 3.26. The number of esters is 1. The second-order valence-corrected chi connectivity index (χ2v) is 4.51. The van der Waals surface area contributed by atoms with Gasteiger partial charge in [-0.15, -0.1) is 6.42 Å². The molecule has 0 unspecified atom stereocenters. The maximum atomic E-state index is 11.2. The largest absolute Gasteiger partial charge is 0.458 e. The van der Waals surface area contributed by atoms with Gasteiger partial charge in [-0.3, -0.25) is 0 Å². The summed E-state index contributed by atoms with van der Waals surface area (Å²) in [5, 5.41) is 0. The van der Waals surface area contributed by atoms with E-state index in [1.165, 1.54) is 0 Å². The van der Waals surface area contributed by atoms with E-state index in [-0.39, 0.29) is 12.6 Å². The molecule has 0 spiro atoms. The van der Waals surface area contributed by atoms with E-state index >= 15 is 0 Å². The van der Waals surface area contributed by atoms with Crippen molar-refractivity contribution < 1.29 is 23.7 Å². The molecule has 0 fully saturated rings. The molecule has 0 aliphatic carbocycles. The first-order chi connectivity index (χ1) is 8.45. The lowest BCUT2D eigenvalue weighted by molar-refractivity contribution is -0.160. The van der Waals surface area contributed by atoms with Crippen molar-refractivity contribution in [2.45, 2.75) is 26.4 Å². The third-order valence-electron chi connectivity index (χ3n) is 1.57. The van der Waals surface area contributed by atoms with Crippen LogP contribution in [0.3, 0.4) is 0 Å². The van der Waals surface area contributed by atoms with E-state index in [0.29, 0.717) is 33.0 Å². The van der Waals surface area contributed by atoms with Crippen LogP contribution in [0.2, 0.25) is 0 Å².